The number of carbonyl (C=O) groups excluding carboxylic acids is 3. The van der Waals surface area contributed by atoms with E-state index in [4.69, 9.17) is 14.6 Å². The molecule has 258 valence electrons. The second-order valence-electron chi connectivity index (χ2n) is 12.8. The van der Waals surface area contributed by atoms with Gasteiger partial charge in [-0.05, 0) is 90.9 Å². The molecule has 2 aliphatic heterocycles. The van der Waals surface area contributed by atoms with E-state index in [0.717, 1.165) is 37.7 Å². The number of rotatable bonds is 8. The van der Waals surface area contributed by atoms with Crippen molar-refractivity contribution in [3.05, 3.63) is 91.3 Å². The van der Waals surface area contributed by atoms with Gasteiger partial charge in [0.15, 0.2) is 6.61 Å². The number of methoxy groups -OCH3 is 1. The van der Waals surface area contributed by atoms with Gasteiger partial charge in [-0.25, -0.2) is 13.6 Å². The van der Waals surface area contributed by atoms with Crippen molar-refractivity contribution in [1.29, 1.82) is 0 Å². The molecule has 12 nitrogen and oxygen atoms in total. The Hall–Kier alpha value is -3.96. The van der Waals surface area contributed by atoms with Crippen LogP contribution in [-0.2, 0) is 24.4 Å². The first-order valence-corrected chi connectivity index (χ1v) is 19.7. The molecule has 0 unspecified atom stereocenters. The number of imide groups is 1. The summed E-state index contributed by atoms with van der Waals surface area (Å²) < 4.78 is 35.4. The Morgan fingerprint density at radius 2 is 1.72 bits per heavy atom. The highest BCUT2D eigenvalue weighted by molar-refractivity contribution is 9.10. The van der Waals surface area contributed by atoms with Crippen LogP contribution in [0.25, 0.3) is 0 Å². The maximum Gasteiger partial charge on any atom is 0.305 e. The summed E-state index contributed by atoms with van der Waals surface area (Å²) in [5, 5.41) is 8.59. The molecule has 4 aliphatic rings. The molecule has 1 saturated heterocycles. The number of ether oxygens (including phenoxy) is 2. The summed E-state index contributed by atoms with van der Waals surface area (Å²) in [5.74, 6) is -1.32. The number of hydrogen-bond acceptors (Lipinski definition) is 10. The summed E-state index contributed by atoms with van der Waals surface area (Å²) in [6.07, 6.45) is 0.720. The van der Waals surface area contributed by atoms with Crippen molar-refractivity contribution in [2.45, 2.75) is 27.5 Å². The topological polar surface area (TPSA) is 178 Å². The third-order valence-electron chi connectivity index (χ3n) is 10.2. The van der Waals surface area contributed by atoms with E-state index < -0.39 is 27.8 Å². The smallest absolute Gasteiger partial charge is 0.305 e. The first-order valence-electron chi connectivity index (χ1n) is 15.7. The lowest BCUT2D eigenvalue weighted by Gasteiger charge is -2.43. The number of hydrogen-bond donors (Lipinski definition) is 3. The molecule has 8 rings (SSSR count). The monoisotopic (exact) mass is 796 g/mol. The predicted octanol–water partition coefficient (Wildman–Crippen LogP) is 4.55. The largest absolute Gasteiger partial charge is 0.497 e. The minimum Gasteiger partial charge on any atom is -0.497 e. The molecule has 50 heavy (non-hydrogen) atoms. The summed E-state index contributed by atoms with van der Waals surface area (Å²) in [5.41, 5.74) is 1.66. The maximum atomic E-state index is 14.1. The van der Waals surface area contributed by atoms with E-state index in [1.807, 2.05) is 6.07 Å². The predicted molar refractivity (Wildman–Crippen MR) is 190 cm³/mol. The zero-order valence-corrected chi connectivity index (χ0v) is 30.2. The van der Waals surface area contributed by atoms with E-state index in [1.54, 1.807) is 55.3 Å². The molecule has 4 N–H and O–H groups in total. The number of fused-ring (bicyclic) bond motifs is 9. The van der Waals surface area contributed by atoms with E-state index in [2.05, 4.69) is 26.2 Å². The Morgan fingerprint density at radius 1 is 1.02 bits per heavy atom. The van der Waals surface area contributed by atoms with Crippen LogP contribution < -0.4 is 29.7 Å². The molecule has 3 amide bonds. The lowest BCUT2D eigenvalue weighted by molar-refractivity contribution is -0.123. The highest BCUT2D eigenvalue weighted by atomic mass is 79.9. The van der Waals surface area contributed by atoms with Gasteiger partial charge in [-0.1, -0.05) is 27.3 Å². The highest BCUT2D eigenvalue weighted by Crippen LogP contribution is 2.69. The van der Waals surface area contributed by atoms with Gasteiger partial charge < -0.3 is 19.8 Å². The van der Waals surface area contributed by atoms with E-state index >= 15 is 0 Å². The zero-order valence-electron chi connectivity index (χ0n) is 26.2. The fraction of sp³-hybridized carbons (Fsp3) is 0.294. The number of amides is 3. The molecule has 16 heteroatoms. The Labute approximate surface area is 302 Å². The van der Waals surface area contributed by atoms with E-state index in [-0.39, 0.29) is 57.1 Å². The van der Waals surface area contributed by atoms with Gasteiger partial charge in [-0.15, -0.1) is 11.8 Å². The summed E-state index contributed by atoms with van der Waals surface area (Å²) in [7, 11) is -2.32. The molecular weight excluding hydrogens is 768 g/mol. The molecule has 3 fully saturated rings. The number of anilines is 2. The minimum absolute atomic E-state index is 0.0352. The summed E-state index contributed by atoms with van der Waals surface area (Å²) >= 11 is 6.32. The molecule has 2 aliphatic carbocycles. The van der Waals surface area contributed by atoms with Crippen LogP contribution in [0.15, 0.2) is 85.9 Å². The number of aromatic amines is 1. The van der Waals surface area contributed by atoms with Crippen molar-refractivity contribution in [3.63, 3.8) is 0 Å². The van der Waals surface area contributed by atoms with Crippen LogP contribution in [0, 0.1) is 29.6 Å². The van der Waals surface area contributed by atoms with Gasteiger partial charge in [-0.3, -0.25) is 24.1 Å². The van der Waals surface area contributed by atoms with E-state index in [0.29, 0.717) is 22.9 Å². The molecule has 3 aromatic carbocycles. The number of thioether (sulfide) groups is 1. The summed E-state index contributed by atoms with van der Waals surface area (Å²) in [6, 6.07) is 17.9. The van der Waals surface area contributed by atoms with Crippen molar-refractivity contribution in [3.8, 4) is 11.5 Å². The number of aromatic nitrogens is 1. The van der Waals surface area contributed by atoms with Crippen LogP contribution in [0.2, 0.25) is 0 Å². The first-order chi connectivity index (χ1) is 23.9. The number of nitrogens with one attached hydrogen (secondary N) is 2. The molecular formula is C34H29BrN4O8S3. The third kappa shape index (κ3) is 5.48. The highest BCUT2D eigenvalue weighted by Gasteiger charge is 2.70. The second kappa shape index (κ2) is 12.4. The molecule has 4 aromatic rings. The molecule has 0 spiro atoms. The van der Waals surface area contributed by atoms with Crippen LogP contribution in [0.3, 0.4) is 0 Å². The lowest BCUT2D eigenvalue weighted by Crippen LogP contribution is -2.42. The van der Waals surface area contributed by atoms with Gasteiger partial charge in [0.2, 0.25) is 21.8 Å². The van der Waals surface area contributed by atoms with Gasteiger partial charge >= 0.3 is 4.87 Å². The van der Waals surface area contributed by atoms with Crippen LogP contribution in [0.1, 0.15) is 22.8 Å². The number of benzene rings is 3. The molecule has 3 heterocycles. The quantitative estimate of drug-likeness (QED) is 0.216. The molecule has 1 aromatic heterocycles. The average molecular weight is 798 g/mol. The first kappa shape index (κ1) is 33.2. The van der Waals surface area contributed by atoms with Crippen LogP contribution in [0.5, 0.6) is 11.5 Å². The van der Waals surface area contributed by atoms with Crippen molar-refractivity contribution >= 4 is 78.1 Å². The van der Waals surface area contributed by atoms with Gasteiger partial charge in [-0.2, -0.15) is 0 Å². The maximum absolute atomic E-state index is 14.1. The number of sulfonamides is 1. The van der Waals surface area contributed by atoms with Crippen molar-refractivity contribution < 1.29 is 32.3 Å². The van der Waals surface area contributed by atoms with Gasteiger partial charge in [0, 0.05) is 31.8 Å². The summed E-state index contributed by atoms with van der Waals surface area (Å²) in [6.45, 7) is -0.349. The number of nitrogens with zero attached hydrogens (tertiary/aromatic N) is 1. The molecule has 2 saturated carbocycles. The molecule has 2 bridgehead atoms. The standard InChI is InChI=1S/C34H29BrN4O8S3/c1-46-18-7-5-17(6-8-18)39-32(41)27-21-13-22(28(27)33(39)42)29-26(21)25(30-31(48-29)38-34(43)49-30)20-12-15(35)2-11-23(20)47-14-24(40)37-16-3-9-19(10-4-16)50(36,44)45/h2-12,21-22,25-29H,13-14H2,1H3,(H,37,40)(H,38,43)(H2,36,44,45)/t21-,22-,25+,26-,27+,28+,29-/m1/s1. The minimum atomic E-state index is -3.88. The third-order valence-corrected chi connectivity index (χ3v) is 14.2. The van der Waals surface area contributed by atoms with Crippen molar-refractivity contribution in [1.82, 2.24) is 4.98 Å². The fourth-order valence-electron chi connectivity index (χ4n) is 8.31. The van der Waals surface area contributed by atoms with Crippen molar-refractivity contribution in [2.24, 2.45) is 34.7 Å². The normalized spacial score (nSPS) is 26.4. The zero-order chi connectivity index (χ0) is 35.1. The fourth-order valence-corrected chi connectivity index (χ4v) is 12.1. The lowest BCUT2D eigenvalue weighted by atomic mass is 9.68. The van der Waals surface area contributed by atoms with Crippen LogP contribution in [-0.4, -0.2) is 50.1 Å². The Bertz CT molecular complexity index is 2220. The number of nitrogens with two attached hydrogens (primary N) is 1. The Morgan fingerprint density at radius 3 is 2.40 bits per heavy atom. The Balaban J connectivity index is 1.10. The Kier molecular flexibility index (Phi) is 8.21. The number of halogens is 1. The SMILES string of the molecule is COc1ccc(N2C(=O)[C@H]3[C@H]4C[C@@H]([C@@H]3C2=O)[C@@H]2[C@H](c3cc(Br)ccc3OCC(=O)Nc3ccc(S(N)(=O)=O)cc3)c3sc(=O)[nH]c3S[C@H]42)cc1. The van der Waals surface area contributed by atoms with E-state index in [1.165, 1.54) is 29.2 Å². The van der Waals surface area contributed by atoms with Crippen molar-refractivity contribution in [2.75, 3.05) is 23.9 Å². The summed E-state index contributed by atoms with van der Waals surface area (Å²) in [4.78, 5) is 58.8. The van der Waals surface area contributed by atoms with Gasteiger partial charge in [0.1, 0.15) is 11.5 Å². The molecule has 7 atom stereocenters. The average Bonchev–Trinajstić information content (AvgIpc) is 3.82. The van der Waals surface area contributed by atoms with Crippen LogP contribution in [0.4, 0.5) is 11.4 Å². The number of primary sulfonamides is 1. The number of carbonyl (C=O) groups is 3. The van der Waals surface area contributed by atoms with E-state index in [9.17, 15) is 27.6 Å². The van der Waals surface area contributed by atoms with Gasteiger partial charge in [0.25, 0.3) is 5.91 Å². The number of thiazole rings is 1. The van der Waals surface area contributed by atoms with Crippen LogP contribution >= 0.6 is 39.0 Å². The molecule has 0 radical (unpaired) electrons. The second-order valence-corrected chi connectivity index (χ2v) is 17.4. The van der Waals surface area contributed by atoms with Gasteiger partial charge in [0.05, 0.1) is 34.6 Å². The number of H-pyrrole nitrogens is 1.